The molecule has 0 amide bonds. The topological polar surface area (TPSA) is 20.2 Å². The van der Waals surface area contributed by atoms with Crippen molar-refractivity contribution in [3.05, 3.63) is 106 Å². The number of hydrogen-bond acceptors (Lipinski definition) is 1. The quantitative estimate of drug-likeness (QED) is 0.464. The van der Waals surface area contributed by atoms with Gasteiger partial charge >= 0.3 is 0 Å². The van der Waals surface area contributed by atoms with Gasteiger partial charge in [-0.05, 0) is 48.0 Å². The molecule has 1 heteroatoms. The van der Waals surface area contributed by atoms with Gasteiger partial charge in [0, 0.05) is 17.8 Å². The second-order valence-corrected chi connectivity index (χ2v) is 8.88. The van der Waals surface area contributed by atoms with E-state index in [-0.39, 0.29) is 5.92 Å². The van der Waals surface area contributed by atoms with Crippen LogP contribution < -0.4 is 0 Å². The van der Waals surface area contributed by atoms with Crippen LogP contribution in [0.4, 0.5) is 0 Å². The van der Waals surface area contributed by atoms with Crippen molar-refractivity contribution in [1.82, 2.24) is 0 Å². The molecule has 0 fully saturated rings. The van der Waals surface area contributed by atoms with Gasteiger partial charge in [-0.25, -0.2) is 0 Å². The molecule has 3 unspecified atom stereocenters. The third kappa shape index (κ3) is 3.44. The van der Waals surface area contributed by atoms with Crippen LogP contribution in [0.2, 0.25) is 0 Å². The second kappa shape index (κ2) is 9.01. The lowest BCUT2D eigenvalue weighted by Gasteiger charge is -2.44. The van der Waals surface area contributed by atoms with Crippen molar-refractivity contribution in [2.24, 2.45) is 17.8 Å². The summed E-state index contributed by atoms with van der Waals surface area (Å²) in [6, 6.07) is 20.6. The number of rotatable bonds is 7. The number of benzene rings is 2. The van der Waals surface area contributed by atoms with Crippen LogP contribution in [-0.2, 0) is 5.60 Å². The molecule has 2 aliphatic carbocycles. The van der Waals surface area contributed by atoms with Crippen molar-refractivity contribution in [3.63, 3.8) is 0 Å². The second-order valence-electron chi connectivity index (χ2n) is 8.88. The number of allylic oxidation sites excluding steroid dienone is 5. The Balaban J connectivity index is 1.93. The average Bonchev–Trinajstić information content (AvgIpc) is 3.28. The Bertz CT molecular complexity index is 954. The molecule has 31 heavy (non-hydrogen) atoms. The summed E-state index contributed by atoms with van der Waals surface area (Å²) in [4.78, 5) is 0. The molecule has 2 aromatic rings. The van der Waals surface area contributed by atoms with Gasteiger partial charge in [0.15, 0.2) is 0 Å². The molecule has 2 aliphatic rings. The van der Waals surface area contributed by atoms with E-state index in [9.17, 15) is 5.11 Å². The van der Waals surface area contributed by atoms with Gasteiger partial charge in [0.25, 0.3) is 0 Å². The Morgan fingerprint density at radius 2 is 1.13 bits per heavy atom. The van der Waals surface area contributed by atoms with Gasteiger partial charge in [-0.2, -0.15) is 0 Å². The van der Waals surface area contributed by atoms with Crippen LogP contribution >= 0.6 is 0 Å². The molecule has 1 nitrogen and oxygen atoms in total. The van der Waals surface area contributed by atoms with Crippen LogP contribution in [-0.4, -0.2) is 5.11 Å². The lowest BCUT2D eigenvalue weighted by atomic mass is 9.62. The summed E-state index contributed by atoms with van der Waals surface area (Å²) in [6.07, 6.45) is 9.02. The molecular formula is C30H36O. The third-order valence-electron chi connectivity index (χ3n) is 7.62. The van der Waals surface area contributed by atoms with Crippen molar-refractivity contribution in [2.45, 2.75) is 59.0 Å². The first-order valence-electron chi connectivity index (χ1n) is 12.1. The summed E-state index contributed by atoms with van der Waals surface area (Å²) in [7, 11) is 0. The molecular weight excluding hydrogens is 376 g/mol. The fraction of sp³-hybridized carbons (Fsp3) is 0.400. The fourth-order valence-corrected chi connectivity index (χ4v) is 6.37. The van der Waals surface area contributed by atoms with E-state index in [1.165, 1.54) is 0 Å². The third-order valence-corrected chi connectivity index (χ3v) is 7.62. The monoisotopic (exact) mass is 412 g/mol. The minimum absolute atomic E-state index is 0.0127. The SMILES string of the molecule is CCC1=C(CC)C2C=CC(C(O)(c3ccccc3)c3ccccc3)C2C(CC)=C1CC. The standard InChI is InChI=1S/C30H36O/c1-5-23-24(6-2)26(8-4)29-27(25(23)7-3)19-20-28(29)30(31,21-15-11-9-12-16-21)22-17-13-10-14-18-22/h9-20,27-29,31H,5-8H2,1-4H3. The van der Waals surface area contributed by atoms with Crippen molar-refractivity contribution >= 4 is 0 Å². The average molecular weight is 413 g/mol. The predicted octanol–water partition coefficient (Wildman–Crippen LogP) is 7.59. The Morgan fingerprint density at radius 1 is 0.645 bits per heavy atom. The summed E-state index contributed by atoms with van der Waals surface area (Å²) in [5.74, 6) is 0.725. The van der Waals surface area contributed by atoms with Crippen molar-refractivity contribution in [2.75, 3.05) is 0 Å². The van der Waals surface area contributed by atoms with E-state index in [2.05, 4.69) is 64.1 Å². The molecule has 0 bridgehead atoms. The lowest BCUT2D eigenvalue weighted by molar-refractivity contribution is 0.0166. The molecule has 162 valence electrons. The first-order chi connectivity index (χ1) is 15.1. The lowest BCUT2D eigenvalue weighted by Crippen LogP contribution is -2.41. The van der Waals surface area contributed by atoms with Gasteiger partial charge in [0.2, 0.25) is 0 Å². The highest BCUT2D eigenvalue weighted by Gasteiger charge is 2.50. The highest BCUT2D eigenvalue weighted by molar-refractivity contribution is 5.51. The van der Waals surface area contributed by atoms with E-state index in [0.717, 1.165) is 36.8 Å². The Morgan fingerprint density at radius 3 is 1.58 bits per heavy atom. The van der Waals surface area contributed by atoms with Gasteiger partial charge in [-0.1, -0.05) is 112 Å². The molecule has 0 radical (unpaired) electrons. The maximum absolute atomic E-state index is 12.6. The molecule has 0 spiro atoms. The Labute approximate surface area is 188 Å². The molecule has 0 aliphatic heterocycles. The molecule has 1 N–H and O–H groups in total. The maximum Gasteiger partial charge on any atom is 0.121 e. The number of fused-ring (bicyclic) bond motifs is 1. The fourth-order valence-electron chi connectivity index (χ4n) is 6.37. The van der Waals surface area contributed by atoms with Gasteiger partial charge in [0.1, 0.15) is 5.60 Å². The van der Waals surface area contributed by atoms with Gasteiger partial charge in [-0.3, -0.25) is 0 Å². The van der Waals surface area contributed by atoms with E-state index < -0.39 is 5.60 Å². The van der Waals surface area contributed by atoms with E-state index in [1.807, 2.05) is 36.4 Å². The molecule has 2 aromatic carbocycles. The largest absolute Gasteiger partial charge is 0.380 e. The van der Waals surface area contributed by atoms with Crippen LogP contribution in [0.5, 0.6) is 0 Å². The van der Waals surface area contributed by atoms with Crippen LogP contribution in [0, 0.1) is 17.8 Å². The summed E-state index contributed by atoms with van der Waals surface area (Å²) >= 11 is 0. The highest BCUT2D eigenvalue weighted by atomic mass is 16.3. The van der Waals surface area contributed by atoms with E-state index >= 15 is 0 Å². The molecule has 0 saturated carbocycles. The summed E-state index contributed by atoms with van der Waals surface area (Å²) in [6.45, 7) is 9.20. The minimum Gasteiger partial charge on any atom is -0.380 e. The first kappa shape index (κ1) is 21.8. The Kier molecular flexibility index (Phi) is 6.34. The summed E-state index contributed by atoms with van der Waals surface area (Å²) in [5.41, 5.74) is 7.18. The zero-order valence-electron chi connectivity index (χ0n) is 19.4. The maximum atomic E-state index is 12.6. The van der Waals surface area contributed by atoms with Crippen LogP contribution in [0.1, 0.15) is 64.5 Å². The minimum atomic E-state index is -1.06. The molecule has 3 atom stereocenters. The molecule has 4 rings (SSSR count). The van der Waals surface area contributed by atoms with Crippen LogP contribution in [0.15, 0.2) is 95.1 Å². The van der Waals surface area contributed by atoms with Crippen LogP contribution in [0.25, 0.3) is 0 Å². The number of aliphatic hydroxyl groups is 1. The zero-order valence-corrected chi connectivity index (χ0v) is 19.4. The summed E-state index contributed by atoms with van der Waals surface area (Å²) in [5, 5.41) is 12.6. The summed E-state index contributed by atoms with van der Waals surface area (Å²) < 4.78 is 0. The van der Waals surface area contributed by atoms with Crippen molar-refractivity contribution < 1.29 is 5.11 Å². The van der Waals surface area contributed by atoms with Gasteiger partial charge in [0.05, 0.1) is 0 Å². The van der Waals surface area contributed by atoms with Gasteiger partial charge in [-0.15, -0.1) is 0 Å². The zero-order chi connectivity index (χ0) is 22.0. The first-order valence-corrected chi connectivity index (χ1v) is 12.1. The highest BCUT2D eigenvalue weighted by Crippen LogP contribution is 2.56. The Hall–Kier alpha value is -2.38. The normalized spacial score (nSPS) is 23.5. The van der Waals surface area contributed by atoms with Gasteiger partial charge < -0.3 is 5.11 Å². The van der Waals surface area contributed by atoms with E-state index in [4.69, 9.17) is 0 Å². The van der Waals surface area contributed by atoms with Crippen LogP contribution in [0.3, 0.4) is 0 Å². The van der Waals surface area contributed by atoms with E-state index in [1.54, 1.807) is 22.3 Å². The van der Waals surface area contributed by atoms with E-state index in [0.29, 0.717) is 11.8 Å². The van der Waals surface area contributed by atoms with Crippen molar-refractivity contribution in [1.29, 1.82) is 0 Å². The number of hydrogen-bond donors (Lipinski definition) is 1. The molecule has 0 saturated heterocycles. The molecule has 0 heterocycles. The predicted molar refractivity (Wildman–Crippen MR) is 131 cm³/mol. The molecule has 0 aromatic heterocycles. The van der Waals surface area contributed by atoms with Crippen molar-refractivity contribution in [3.8, 4) is 0 Å². The smallest absolute Gasteiger partial charge is 0.121 e.